The Morgan fingerprint density at radius 2 is 2.14 bits per heavy atom. The molecule has 0 aliphatic rings. The second kappa shape index (κ2) is 2.39. The van der Waals surface area contributed by atoms with E-state index in [0.29, 0.717) is 0 Å². The molecule has 0 saturated heterocycles. The van der Waals surface area contributed by atoms with Gasteiger partial charge in [-0.2, -0.15) is 0 Å². The van der Waals surface area contributed by atoms with Crippen LogP contribution in [0.2, 0.25) is 0 Å². The van der Waals surface area contributed by atoms with Crippen molar-refractivity contribution in [3.63, 3.8) is 0 Å². The van der Waals surface area contributed by atoms with E-state index in [4.69, 9.17) is 0 Å². The van der Waals surface area contributed by atoms with E-state index in [1.54, 1.807) is 0 Å². The predicted molar refractivity (Wildman–Crippen MR) is 26.5 cm³/mol. The zero-order chi connectivity index (χ0) is 5.86. The third-order valence-electron chi connectivity index (χ3n) is 0.474. The molecule has 0 N–H and O–H groups in total. The standard InChI is InChI=1S/C5H7O2/c1-4(2)5(6)7-3/h1-2H2,3H3. The molecule has 0 aromatic heterocycles. The van der Waals surface area contributed by atoms with Gasteiger partial charge in [0.05, 0.1) is 7.11 Å². The van der Waals surface area contributed by atoms with Gasteiger partial charge in [0, 0.05) is 5.57 Å². The molecule has 0 aliphatic carbocycles. The number of esters is 1. The smallest absolute Gasteiger partial charge is 0.333 e. The molecule has 0 aliphatic heterocycles. The van der Waals surface area contributed by atoms with Crippen LogP contribution >= 0.6 is 0 Å². The Morgan fingerprint density at radius 1 is 1.71 bits per heavy atom. The number of hydrogen-bond acceptors (Lipinski definition) is 2. The lowest BCUT2D eigenvalue weighted by molar-refractivity contribution is -0.135. The first kappa shape index (κ1) is 6.21. The van der Waals surface area contributed by atoms with E-state index in [0.717, 1.165) is 0 Å². The average molecular weight is 99.1 g/mol. The number of ether oxygens (including phenoxy) is 1. The lowest BCUT2D eigenvalue weighted by atomic mass is 10.4. The first-order valence-electron chi connectivity index (χ1n) is 1.77. The fourth-order valence-corrected chi connectivity index (χ4v) is 0.144. The minimum absolute atomic E-state index is 0.183. The van der Waals surface area contributed by atoms with Gasteiger partial charge in [-0.25, -0.2) is 4.79 Å². The SMILES string of the molecule is [CH2]C(=C)C(=O)OC. The van der Waals surface area contributed by atoms with Crippen LogP contribution in [0.15, 0.2) is 12.2 Å². The topological polar surface area (TPSA) is 26.3 Å². The third kappa shape index (κ3) is 1.98. The molecule has 2 nitrogen and oxygen atoms in total. The maximum atomic E-state index is 10.1. The summed E-state index contributed by atoms with van der Waals surface area (Å²) in [6.45, 7) is 6.48. The van der Waals surface area contributed by atoms with Gasteiger partial charge in [0.25, 0.3) is 0 Å². The van der Waals surface area contributed by atoms with Crippen molar-refractivity contribution in [1.29, 1.82) is 0 Å². The van der Waals surface area contributed by atoms with Gasteiger partial charge >= 0.3 is 5.97 Å². The quantitative estimate of drug-likeness (QED) is 0.354. The van der Waals surface area contributed by atoms with E-state index in [2.05, 4.69) is 18.2 Å². The van der Waals surface area contributed by atoms with Crippen molar-refractivity contribution >= 4 is 5.97 Å². The van der Waals surface area contributed by atoms with Crippen LogP contribution in [0, 0.1) is 6.92 Å². The van der Waals surface area contributed by atoms with Gasteiger partial charge in [-0.05, 0) is 6.92 Å². The lowest BCUT2D eigenvalue weighted by Crippen LogP contribution is -1.99. The number of carbonyl (C=O) groups excluding carboxylic acids is 1. The molecule has 0 rings (SSSR count). The molecular weight excluding hydrogens is 92.1 g/mol. The van der Waals surface area contributed by atoms with Gasteiger partial charge in [0.15, 0.2) is 0 Å². The van der Waals surface area contributed by atoms with Gasteiger partial charge < -0.3 is 4.74 Å². The minimum Gasteiger partial charge on any atom is -0.466 e. The van der Waals surface area contributed by atoms with Crippen molar-refractivity contribution in [2.45, 2.75) is 0 Å². The van der Waals surface area contributed by atoms with Crippen LogP contribution in [0.1, 0.15) is 0 Å². The molecule has 0 bridgehead atoms. The minimum atomic E-state index is -0.458. The van der Waals surface area contributed by atoms with Crippen LogP contribution in [-0.2, 0) is 9.53 Å². The van der Waals surface area contributed by atoms with E-state index in [-0.39, 0.29) is 5.57 Å². The summed E-state index contributed by atoms with van der Waals surface area (Å²) in [4.78, 5) is 10.1. The maximum Gasteiger partial charge on any atom is 0.333 e. The molecule has 7 heavy (non-hydrogen) atoms. The Hall–Kier alpha value is -0.790. The van der Waals surface area contributed by atoms with E-state index in [1.807, 2.05) is 0 Å². The number of rotatable bonds is 1. The highest BCUT2D eigenvalue weighted by Gasteiger charge is 1.95. The van der Waals surface area contributed by atoms with E-state index < -0.39 is 5.97 Å². The summed E-state index contributed by atoms with van der Waals surface area (Å²) in [7, 11) is 1.29. The molecule has 0 aromatic rings. The summed E-state index contributed by atoms with van der Waals surface area (Å²) in [6.07, 6.45) is 0. The Labute approximate surface area is 42.8 Å². The molecule has 0 aromatic carbocycles. The number of hydrogen-bond donors (Lipinski definition) is 0. The first-order valence-corrected chi connectivity index (χ1v) is 1.77. The summed E-state index contributed by atoms with van der Waals surface area (Å²) in [5, 5.41) is 0. The van der Waals surface area contributed by atoms with Crippen LogP contribution < -0.4 is 0 Å². The van der Waals surface area contributed by atoms with Gasteiger partial charge in [-0.1, -0.05) is 6.58 Å². The van der Waals surface area contributed by atoms with Crippen molar-refractivity contribution in [1.82, 2.24) is 0 Å². The van der Waals surface area contributed by atoms with Crippen molar-refractivity contribution in [3.05, 3.63) is 19.1 Å². The molecule has 0 heterocycles. The van der Waals surface area contributed by atoms with Crippen LogP contribution in [0.3, 0.4) is 0 Å². The van der Waals surface area contributed by atoms with Gasteiger partial charge in [-0.15, -0.1) is 0 Å². The molecule has 0 fully saturated rings. The lowest BCUT2D eigenvalue weighted by Gasteiger charge is -1.91. The molecule has 0 saturated carbocycles. The maximum absolute atomic E-state index is 10.1. The van der Waals surface area contributed by atoms with Gasteiger partial charge in [0.2, 0.25) is 0 Å². The Morgan fingerprint density at radius 3 is 2.14 bits per heavy atom. The second-order valence-corrected chi connectivity index (χ2v) is 1.10. The Kier molecular flexibility index (Phi) is 2.12. The largest absolute Gasteiger partial charge is 0.466 e. The fraction of sp³-hybridized carbons (Fsp3) is 0.200. The molecule has 39 valence electrons. The number of carbonyl (C=O) groups is 1. The van der Waals surface area contributed by atoms with E-state index in [9.17, 15) is 4.79 Å². The van der Waals surface area contributed by atoms with Gasteiger partial charge in [-0.3, -0.25) is 0 Å². The molecule has 0 amide bonds. The van der Waals surface area contributed by atoms with E-state index in [1.165, 1.54) is 7.11 Å². The second-order valence-electron chi connectivity index (χ2n) is 1.10. The van der Waals surface area contributed by atoms with Crippen LogP contribution in [0.25, 0.3) is 0 Å². The molecule has 0 spiro atoms. The van der Waals surface area contributed by atoms with Crippen LogP contribution in [0.4, 0.5) is 0 Å². The van der Waals surface area contributed by atoms with Crippen LogP contribution in [-0.4, -0.2) is 13.1 Å². The highest BCUT2D eigenvalue weighted by molar-refractivity contribution is 5.88. The first-order chi connectivity index (χ1) is 3.18. The molecular formula is C5H7O2. The van der Waals surface area contributed by atoms with Crippen LogP contribution in [0.5, 0.6) is 0 Å². The molecule has 0 unspecified atom stereocenters. The molecule has 2 heteroatoms. The van der Waals surface area contributed by atoms with E-state index >= 15 is 0 Å². The fourth-order valence-electron chi connectivity index (χ4n) is 0.144. The van der Waals surface area contributed by atoms with Crippen molar-refractivity contribution < 1.29 is 9.53 Å². The number of methoxy groups -OCH3 is 1. The van der Waals surface area contributed by atoms with Gasteiger partial charge in [0.1, 0.15) is 0 Å². The average Bonchev–Trinajstić information content (AvgIpc) is 1.65. The summed E-state index contributed by atoms with van der Waals surface area (Å²) in [5.74, 6) is -0.458. The highest BCUT2D eigenvalue weighted by atomic mass is 16.5. The Balaban J connectivity index is 3.58. The summed E-state index contributed by atoms with van der Waals surface area (Å²) >= 11 is 0. The Bertz CT molecular complexity index is 94.3. The monoisotopic (exact) mass is 99.0 g/mol. The van der Waals surface area contributed by atoms with Crippen molar-refractivity contribution in [3.8, 4) is 0 Å². The third-order valence-corrected chi connectivity index (χ3v) is 0.474. The highest BCUT2D eigenvalue weighted by Crippen LogP contribution is 1.86. The molecule has 1 radical (unpaired) electrons. The zero-order valence-electron chi connectivity index (χ0n) is 4.23. The van der Waals surface area contributed by atoms with Crippen molar-refractivity contribution in [2.24, 2.45) is 0 Å². The van der Waals surface area contributed by atoms with Crippen molar-refractivity contribution in [2.75, 3.05) is 7.11 Å². The summed E-state index contributed by atoms with van der Waals surface area (Å²) in [5.41, 5.74) is 0.183. The zero-order valence-corrected chi connectivity index (χ0v) is 4.23. The predicted octanol–water partition coefficient (Wildman–Crippen LogP) is 0.550. The summed E-state index contributed by atoms with van der Waals surface area (Å²) in [6, 6.07) is 0. The molecule has 0 atom stereocenters. The normalized spacial score (nSPS) is 7.71. The summed E-state index contributed by atoms with van der Waals surface area (Å²) < 4.78 is 4.21.